The molecule has 9 heteroatoms. The number of rotatable bonds is 9. The number of benzene rings is 2. The molecule has 1 fully saturated rings. The van der Waals surface area contributed by atoms with E-state index in [1.165, 1.54) is 29.7 Å². The molecule has 3 heterocycles. The fourth-order valence-corrected chi connectivity index (χ4v) is 4.87. The second-order valence-electron chi connectivity index (χ2n) is 9.26. The number of nitrogens with zero attached hydrogens (tertiary/aromatic N) is 3. The number of fused-ring (bicyclic) bond motifs is 1. The predicted octanol–water partition coefficient (Wildman–Crippen LogP) is 5.54. The Hall–Kier alpha value is -4.21. The number of hydrogen-bond donors (Lipinski definition) is 4. The second-order valence-corrected chi connectivity index (χ2v) is 10.1. The molecule has 3 aromatic heterocycles. The fourth-order valence-electron chi connectivity index (χ4n) is 4.14. The Bertz CT molecular complexity index is 1550. The monoisotopic (exact) mass is 509 g/mol. The molecular formula is C28H27N7OS. The topological polar surface area (TPSA) is 109 Å². The lowest BCUT2D eigenvalue weighted by Gasteiger charge is -2.08. The predicted molar refractivity (Wildman–Crippen MR) is 149 cm³/mol. The number of hydrogen-bond acceptors (Lipinski definition) is 7. The zero-order valence-corrected chi connectivity index (χ0v) is 21.0. The van der Waals surface area contributed by atoms with Gasteiger partial charge >= 0.3 is 0 Å². The minimum atomic E-state index is -0.212. The first-order chi connectivity index (χ1) is 18.1. The van der Waals surface area contributed by atoms with Gasteiger partial charge in [-0.3, -0.25) is 9.20 Å². The largest absolute Gasteiger partial charge is 0.397 e. The normalized spacial score (nSPS) is 13.1. The average molecular weight is 510 g/mol. The SMILES string of the molecule is Nc1ccccc1NC(=O)c1ccc(Nc2nc(-c3cnc4ccc(CNCC5CC5)cn34)cs2)cc1. The number of amides is 1. The number of nitrogens with two attached hydrogens (primary N) is 1. The van der Waals surface area contributed by atoms with Gasteiger partial charge in [0.05, 0.1) is 23.3 Å². The highest BCUT2D eigenvalue weighted by atomic mass is 32.1. The lowest BCUT2D eigenvalue weighted by Crippen LogP contribution is -2.16. The van der Waals surface area contributed by atoms with Crippen molar-refractivity contribution in [3.05, 3.63) is 89.6 Å². The Kier molecular flexibility index (Phi) is 6.30. The van der Waals surface area contributed by atoms with Gasteiger partial charge in [-0.15, -0.1) is 11.3 Å². The van der Waals surface area contributed by atoms with E-state index < -0.39 is 0 Å². The van der Waals surface area contributed by atoms with Gasteiger partial charge in [0.1, 0.15) is 11.3 Å². The summed E-state index contributed by atoms with van der Waals surface area (Å²) in [6, 6.07) is 18.6. The third-order valence-corrected chi connectivity index (χ3v) is 7.16. The van der Waals surface area contributed by atoms with Crippen LogP contribution in [0.4, 0.5) is 22.2 Å². The van der Waals surface area contributed by atoms with Gasteiger partial charge in [0.25, 0.3) is 5.91 Å². The van der Waals surface area contributed by atoms with Crippen LogP contribution in [-0.4, -0.2) is 26.8 Å². The summed E-state index contributed by atoms with van der Waals surface area (Å²) in [5.74, 6) is 0.645. The van der Waals surface area contributed by atoms with Crippen LogP contribution in [0.5, 0.6) is 0 Å². The molecule has 8 nitrogen and oxygen atoms in total. The molecule has 0 atom stereocenters. The lowest BCUT2D eigenvalue weighted by molar-refractivity contribution is 0.102. The van der Waals surface area contributed by atoms with Crippen LogP contribution in [0.25, 0.3) is 17.0 Å². The summed E-state index contributed by atoms with van der Waals surface area (Å²) in [6.07, 6.45) is 6.70. The number of carbonyl (C=O) groups is 1. The molecule has 5 N–H and O–H groups in total. The molecule has 1 saturated carbocycles. The van der Waals surface area contributed by atoms with Gasteiger partial charge in [0.15, 0.2) is 5.13 Å². The van der Waals surface area contributed by atoms with Gasteiger partial charge in [-0.2, -0.15) is 0 Å². The minimum Gasteiger partial charge on any atom is -0.397 e. The number of anilines is 4. The van der Waals surface area contributed by atoms with Gasteiger partial charge in [-0.05, 0) is 73.3 Å². The molecule has 1 aliphatic carbocycles. The number of nitrogen functional groups attached to an aromatic ring is 1. The Morgan fingerprint density at radius 1 is 1.08 bits per heavy atom. The third kappa shape index (κ3) is 5.32. The van der Waals surface area contributed by atoms with Crippen LogP contribution < -0.4 is 21.7 Å². The maximum absolute atomic E-state index is 12.6. The third-order valence-electron chi connectivity index (χ3n) is 6.40. The van der Waals surface area contributed by atoms with Crippen molar-refractivity contribution >= 4 is 45.1 Å². The van der Waals surface area contributed by atoms with Crippen molar-refractivity contribution in [2.45, 2.75) is 19.4 Å². The summed E-state index contributed by atoms with van der Waals surface area (Å²) in [5, 5.41) is 12.5. The molecule has 0 bridgehead atoms. The number of imidazole rings is 1. The van der Waals surface area contributed by atoms with Gasteiger partial charge in [-0.1, -0.05) is 18.2 Å². The summed E-state index contributed by atoms with van der Waals surface area (Å²) < 4.78 is 2.10. The number of aromatic nitrogens is 3. The van der Waals surface area contributed by atoms with Crippen LogP contribution in [0.15, 0.2) is 78.4 Å². The first-order valence-corrected chi connectivity index (χ1v) is 13.2. The highest BCUT2D eigenvalue weighted by Crippen LogP contribution is 2.29. The Labute approximate surface area is 218 Å². The molecule has 37 heavy (non-hydrogen) atoms. The molecule has 2 aromatic carbocycles. The van der Waals surface area contributed by atoms with Crippen LogP contribution in [0.3, 0.4) is 0 Å². The zero-order chi connectivity index (χ0) is 25.2. The van der Waals surface area contributed by atoms with E-state index in [1.807, 2.05) is 41.9 Å². The van der Waals surface area contributed by atoms with E-state index in [4.69, 9.17) is 10.7 Å². The van der Waals surface area contributed by atoms with Crippen molar-refractivity contribution in [1.29, 1.82) is 0 Å². The maximum atomic E-state index is 12.6. The van der Waals surface area contributed by atoms with E-state index in [1.54, 1.807) is 24.3 Å². The summed E-state index contributed by atoms with van der Waals surface area (Å²) >= 11 is 1.52. The van der Waals surface area contributed by atoms with Crippen LogP contribution in [0, 0.1) is 5.92 Å². The Morgan fingerprint density at radius 3 is 2.73 bits per heavy atom. The van der Waals surface area contributed by atoms with E-state index in [2.05, 4.69) is 37.6 Å². The van der Waals surface area contributed by atoms with Crippen molar-refractivity contribution in [3.8, 4) is 11.4 Å². The first-order valence-electron chi connectivity index (χ1n) is 12.3. The van der Waals surface area contributed by atoms with Crippen molar-refractivity contribution in [3.63, 3.8) is 0 Å². The van der Waals surface area contributed by atoms with Gasteiger partial charge in [0, 0.05) is 29.4 Å². The molecule has 6 rings (SSSR count). The van der Waals surface area contributed by atoms with Crippen LogP contribution in [0.1, 0.15) is 28.8 Å². The van der Waals surface area contributed by atoms with Crippen molar-refractivity contribution < 1.29 is 4.79 Å². The highest BCUT2D eigenvalue weighted by Gasteiger charge is 2.20. The van der Waals surface area contributed by atoms with Gasteiger partial charge in [-0.25, -0.2) is 9.97 Å². The molecular weight excluding hydrogens is 482 g/mol. The number of pyridine rings is 1. The number of thiazole rings is 1. The zero-order valence-electron chi connectivity index (χ0n) is 20.1. The number of nitrogens with one attached hydrogen (secondary N) is 3. The quantitative estimate of drug-likeness (QED) is 0.194. The van der Waals surface area contributed by atoms with E-state index in [9.17, 15) is 4.79 Å². The van der Waals surface area contributed by atoms with Crippen molar-refractivity contribution in [2.75, 3.05) is 22.9 Å². The Balaban J connectivity index is 1.13. The van der Waals surface area contributed by atoms with Crippen molar-refractivity contribution in [2.24, 2.45) is 5.92 Å². The molecule has 1 amide bonds. The molecule has 0 saturated heterocycles. The molecule has 1 aliphatic rings. The molecule has 0 spiro atoms. The van der Waals surface area contributed by atoms with E-state index in [-0.39, 0.29) is 5.91 Å². The average Bonchev–Trinajstić information content (AvgIpc) is 3.46. The van der Waals surface area contributed by atoms with Crippen LogP contribution >= 0.6 is 11.3 Å². The molecule has 0 unspecified atom stereocenters. The minimum absolute atomic E-state index is 0.212. The summed E-state index contributed by atoms with van der Waals surface area (Å²) in [4.78, 5) is 21.9. The van der Waals surface area contributed by atoms with E-state index in [0.29, 0.717) is 16.9 Å². The second kappa shape index (κ2) is 10.0. The van der Waals surface area contributed by atoms with Crippen LogP contribution in [0.2, 0.25) is 0 Å². The van der Waals surface area contributed by atoms with Crippen LogP contribution in [-0.2, 0) is 6.54 Å². The maximum Gasteiger partial charge on any atom is 0.255 e. The number of carbonyl (C=O) groups excluding carboxylic acids is 1. The smallest absolute Gasteiger partial charge is 0.255 e. The summed E-state index contributed by atoms with van der Waals surface area (Å²) in [5.41, 5.74) is 12.4. The molecule has 5 aromatic rings. The lowest BCUT2D eigenvalue weighted by atomic mass is 10.2. The summed E-state index contributed by atoms with van der Waals surface area (Å²) in [6.45, 7) is 1.93. The molecule has 0 aliphatic heterocycles. The molecule has 186 valence electrons. The van der Waals surface area contributed by atoms with Gasteiger partial charge in [0.2, 0.25) is 0 Å². The highest BCUT2D eigenvalue weighted by molar-refractivity contribution is 7.14. The van der Waals surface area contributed by atoms with Gasteiger partial charge < -0.3 is 21.7 Å². The van der Waals surface area contributed by atoms with Crippen molar-refractivity contribution in [1.82, 2.24) is 19.7 Å². The Morgan fingerprint density at radius 2 is 1.92 bits per heavy atom. The first kappa shape index (κ1) is 23.2. The number of para-hydroxylation sites is 2. The van der Waals surface area contributed by atoms with E-state index in [0.717, 1.165) is 46.9 Å². The fraction of sp³-hybridized carbons (Fsp3) is 0.179. The summed E-state index contributed by atoms with van der Waals surface area (Å²) in [7, 11) is 0. The standard InChI is InChI=1S/C28H27N7OS/c29-22-3-1-2-4-23(22)33-27(36)20-8-10-21(11-9-20)32-28-34-24(17-37-28)25-15-31-26-12-7-19(16-35(25)26)14-30-13-18-5-6-18/h1-4,7-12,15-18,30H,5-6,13-14,29H2,(H,32,34)(H,33,36). The van der Waals surface area contributed by atoms with E-state index >= 15 is 0 Å². The molecule has 0 radical (unpaired) electrons.